The molecule has 5 rings (SSSR count). The van der Waals surface area contributed by atoms with Crippen LogP contribution < -0.4 is 25.0 Å². The fourth-order valence-corrected chi connectivity index (χ4v) is 5.79. The predicted molar refractivity (Wildman–Crippen MR) is 193 cm³/mol. The van der Waals surface area contributed by atoms with Crippen molar-refractivity contribution in [2.45, 2.75) is 66.2 Å². The van der Waals surface area contributed by atoms with Gasteiger partial charge >= 0.3 is 6.09 Å². The van der Waals surface area contributed by atoms with Gasteiger partial charge in [0.2, 0.25) is 0 Å². The Morgan fingerprint density at radius 1 is 0.857 bits per heavy atom. The highest BCUT2D eigenvalue weighted by atomic mass is 16.6. The second-order valence-electron chi connectivity index (χ2n) is 12.6. The van der Waals surface area contributed by atoms with Crippen LogP contribution in [0, 0.1) is 0 Å². The van der Waals surface area contributed by atoms with Gasteiger partial charge in [-0.25, -0.2) is 9.78 Å². The molecule has 2 unspecified atom stereocenters. The lowest BCUT2D eigenvalue weighted by atomic mass is 10.0. The summed E-state index contributed by atoms with van der Waals surface area (Å²) in [5.74, 6) is 1.22. The summed E-state index contributed by atoms with van der Waals surface area (Å²) < 4.78 is 17.3. The number of pyridine rings is 1. The zero-order valence-electron chi connectivity index (χ0n) is 29.8. The average molecular weight is 670 g/mol. The van der Waals surface area contributed by atoms with Gasteiger partial charge in [0, 0.05) is 49.7 Å². The smallest absolute Gasteiger partial charge is 0.410 e. The molecule has 1 aliphatic rings. The Morgan fingerprint density at radius 3 is 2.20 bits per heavy atom. The summed E-state index contributed by atoms with van der Waals surface area (Å²) in [4.78, 5) is 46.7. The Morgan fingerprint density at radius 2 is 1.55 bits per heavy atom. The minimum atomic E-state index is -0.570. The monoisotopic (exact) mass is 669 g/mol. The molecule has 0 spiro atoms. The SMILES string of the molecule is CC.CNC(=O)c1cccc2cc(Oc3ccnc(NC(=O)c4ccc(N5CC(C)N(C(=O)OC(C)(C)C)C(C)C5)cc4OC)c3)ccc12. The number of fused-ring (bicyclic) bond motifs is 1. The lowest BCUT2D eigenvalue weighted by molar-refractivity contribution is 0.00563. The minimum absolute atomic E-state index is 0.0854. The molecule has 2 atom stereocenters. The van der Waals surface area contributed by atoms with Crippen LogP contribution in [-0.2, 0) is 4.74 Å². The number of aromatic nitrogens is 1. The van der Waals surface area contributed by atoms with E-state index in [4.69, 9.17) is 14.2 Å². The van der Waals surface area contributed by atoms with Crippen molar-refractivity contribution < 1.29 is 28.6 Å². The van der Waals surface area contributed by atoms with E-state index in [0.717, 1.165) is 16.5 Å². The van der Waals surface area contributed by atoms with E-state index in [2.05, 4.69) is 20.5 Å². The van der Waals surface area contributed by atoms with Crippen LogP contribution in [0.4, 0.5) is 16.3 Å². The fraction of sp³-hybridized carbons (Fsp3) is 0.368. The molecule has 1 saturated heterocycles. The quantitative estimate of drug-likeness (QED) is 0.207. The van der Waals surface area contributed by atoms with E-state index in [1.807, 2.05) is 84.9 Å². The van der Waals surface area contributed by atoms with Crippen molar-refractivity contribution in [1.82, 2.24) is 15.2 Å². The maximum absolute atomic E-state index is 13.4. The number of carbonyl (C=O) groups excluding carboxylic acids is 3. The number of benzene rings is 3. The Bertz CT molecular complexity index is 1790. The normalized spacial score (nSPS) is 15.9. The number of carbonyl (C=O) groups is 3. The van der Waals surface area contributed by atoms with E-state index in [1.165, 1.54) is 7.11 Å². The predicted octanol–water partition coefficient (Wildman–Crippen LogP) is 7.51. The largest absolute Gasteiger partial charge is 0.496 e. The van der Waals surface area contributed by atoms with Gasteiger partial charge < -0.3 is 29.7 Å². The minimum Gasteiger partial charge on any atom is -0.496 e. The first-order valence-electron chi connectivity index (χ1n) is 16.5. The number of methoxy groups -OCH3 is 1. The molecular formula is C38H47N5O6. The molecule has 11 nitrogen and oxygen atoms in total. The number of hydrogen-bond donors (Lipinski definition) is 2. The fourth-order valence-electron chi connectivity index (χ4n) is 5.79. The van der Waals surface area contributed by atoms with Gasteiger partial charge in [-0.3, -0.25) is 14.5 Å². The molecule has 0 bridgehead atoms. The third kappa shape index (κ3) is 8.78. The van der Waals surface area contributed by atoms with E-state index in [0.29, 0.717) is 47.3 Å². The first-order valence-corrected chi connectivity index (χ1v) is 16.5. The number of amides is 3. The standard InChI is InChI=1S/C36H41N5O6.C2H6/c1-22-20-40(21-23(2)41(22)35(44)47-36(3,4)5)25-11-13-30(31(18-25)45-7)34(43)39-32-19-27(15-16-38-32)46-26-12-14-28-24(17-26)9-8-10-29(28)33(42)37-6;1-2/h8-19,22-23H,20-21H2,1-7H3,(H,37,42)(H,38,39,43);1-2H3. The Labute approximate surface area is 288 Å². The van der Waals surface area contributed by atoms with Crippen molar-refractivity contribution in [3.63, 3.8) is 0 Å². The van der Waals surface area contributed by atoms with E-state index < -0.39 is 5.60 Å². The van der Waals surface area contributed by atoms with Crippen LogP contribution >= 0.6 is 0 Å². The lowest BCUT2D eigenvalue weighted by Crippen LogP contribution is -2.59. The molecule has 2 N–H and O–H groups in total. The molecule has 3 amide bonds. The summed E-state index contributed by atoms with van der Waals surface area (Å²) >= 11 is 0. The summed E-state index contributed by atoms with van der Waals surface area (Å²) in [7, 11) is 3.12. The van der Waals surface area contributed by atoms with E-state index in [-0.39, 0.29) is 30.0 Å². The van der Waals surface area contributed by atoms with Gasteiger partial charge in [-0.2, -0.15) is 0 Å². The summed E-state index contributed by atoms with van der Waals surface area (Å²) in [6, 6.07) is 19.6. The molecule has 3 aromatic carbocycles. The van der Waals surface area contributed by atoms with Crippen molar-refractivity contribution in [2.24, 2.45) is 0 Å². The van der Waals surface area contributed by atoms with Crippen LogP contribution in [0.2, 0.25) is 0 Å². The molecule has 260 valence electrons. The zero-order chi connectivity index (χ0) is 35.9. The highest BCUT2D eigenvalue weighted by Gasteiger charge is 2.36. The van der Waals surface area contributed by atoms with E-state index >= 15 is 0 Å². The maximum Gasteiger partial charge on any atom is 0.410 e. The number of nitrogens with zero attached hydrogens (tertiary/aromatic N) is 3. The van der Waals surface area contributed by atoms with Crippen LogP contribution in [0.15, 0.2) is 72.9 Å². The van der Waals surface area contributed by atoms with Crippen molar-refractivity contribution >= 4 is 40.2 Å². The Hall–Kier alpha value is -5.32. The number of ether oxygens (including phenoxy) is 3. The molecule has 2 heterocycles. The molecule has 0 radical (unpaired) electrons. The third-order valence-corrected chi connectivity index (χ3v) is 7.85. The van der Waals surface area contributed by atoms with E-state index in [1.54, 1.807) is 48.5 Å². The molecular weight excluding hydrogens is 622 g/mol. The summed E-state index contributed by atoms with van der Waals surface area (Å²) in [6.45, 7) is 14.8. The van der Waals surface area contributed by atoms with Crippen molar-refractivity contribution in [2.75, 3.05) is 37.5 Å². The van der Waals surface area contributed by atoms with Crippen LogP contribution in [0.3, 0.4) is 0 Å². The maximum atomic E-state index is 13.4. The highest BCUT2D eigenvalue weighted by Crippen LogP contribution is 2.31. The van der Waals surface area contributed by atoms with Gasteiger partial charge in [0.1, 0.15) is 28.7 Å². The van der Waals surface area contributed by atoms with Crippen LogP contribution in [0.5, 0.6) is 17.2 Å². The lowest BCUT2D eigenvalue weighted by Gasteiger charge is -2.45. The van der Waals surface area contributed by atoms with Gasteiger partial charge in [0.25, 0.3) is 11.8 Å². The first-order chi connectivity index (χ1) is 23.4. The topological polar surface area (TPSA) is 122 Å². The number of piperazine rings is 1. The zero-order valence-corrected chi connectivity index (χ0v) is 29.8. The van der Waals surface area contributed by atoms with Gasteiger partial charge in [-0.1, -0.05) is 26.0 Å². The number of hydrogen-bond acceptors (Lipinski definition) is 8. The number of rotatable bonds is 7. The molecule has 1 fully saturated rings. The van der Waals surface area contributed by atoms with Crippen LogP contribution in [0.25, 0.3) is 10.8 Å². The molecule has 49 heavy (non-hydrogen) atoms. The Balaban J connectivity index is 0.00000265. The van der Waals surface area contributed by atoms with Crippen molar-refractivity contribution in [3.05, 3.63) is 84.1 Å². The van der Waals surface area contributed by atoms with Crippen LogP contribution in [0.1, 0.15) is 69.2 Å². The first kappa shape index (κ1) is 36.5. The second kappa shape index (κ2) is 15.7. The summed E-state index contributed by atoms with van der Waals surface area (Å²) in [5, 5.41) is 7.17. The second-order valence-corrected chi connectivity index (χ2v) is 12.6. The van der Waals surface area contributed by atoms with E-state index in [9.17, 15) is 14.4 Å². The van der Waals surface area contributed by atoms with Gasteiger partial charge in [0.05, 0.1) is 24.8 Å². The van der Waals surface area contributed by atoms with Crippen molar-refractivity contribution in [1.29, 1.82) is 0 Å². The molecule has 1 aliphatic heterocycles. The summed E-state index contributed by atoms with van der Waals surface area (Å²) in [5.41, 5.74) is 1.24. The number of anilines is 2. The highest BCUT2D eigenvalue weighted by molar-refractivity contribution is 6.07. The Kier molecular flexibility index (Phi) is 11.7. The molecule has 1 aromatic heterocycles. The third-order valence-electron chi connectivity index (χ3n) is 7.85. The van der Waals surface area contributed by atoms with Crippen molar-refractivity contribution in [3.8, 4) is 17.2 Å². The van der Waals surface area contributed by atoms with Gasteiger partial charge in [0.15, 0.2) is 0 Å². The molecule has 0 saturated carbocycles. The molecule has 4 aromatic rings. The molecule has 11 heteroatoms. The van der Waals surface area contributed by atoms with Crippen LogP contribution in [-0.4, -0.2) is 72.7 Å². The molecule has 0 aliphatic carbocycles. The number of nitrogens with one attached hydrogen (secondary N) is 2. The van der Waals surface area contributed by atoms with Gasteiger partial charge in [-0.05, 0) is 87.9 Å². The average Bonchev–Trinajstić information content (AvgIpc) is 3.07. The summed E-state index contributed by atoms with van der Waals surface area (Å²) in [6.07, 6.45) is 1.23. The van der Waals surface area contributed by atoms with Gasteiger partial charge in [-0.15, -0.1) is 0 Å².